The lowest BCUT2D eigenvalue weighted by Gasteiger charge is -2.39. The molecule has 0 unspecified atom stereocenters. The maximum Gasteiger partial charge on any atom is 0.219 e. The maximum atomic E-state index is 11.1. The SMILES string of the molecule is BCCc1ccc(CC2CN(C(C)=O)C2)c(C)c1O. The molecule has 4 heteroatoms. The van der Waals surface area contributed by atoms with Crippen molar-refractivity contribution in [3.05, 3.63) is 28.8 Å². The van der Waals surface area contributed by atoms with E-state index in [1.165, 1.54) is 5.56 Å². The van der Waals surface area contributed by atoms with Gasteiger partial charge in [0.05, 0.1) is 0 Å². The van der Waals surface area contributed by atoms with Crippen molar-refractivity contribution in [2.24, 2.45) is 5.92 Å². The van der Waals surface area contributed by atoms with Crippen molar-refractivity contribution in [2.45, 2.75) is 33.0 Å². The van der Waals surface area contributed by atoms with Crippen molar-refractivity contribution in [1.82, 2.24) is 4.90 Å². The number of phenols is 1. The first-order chi connectivity index (χ1) is 9.02. The number of aromatic hydroxyl groups is 1. The standard InChI is InChI=1S/C15H22BNO2/c1-10-14(4-3-13(5-6-16)15(10)19)7-12-8-17(9-12)11(2)18/h3-4,12,19H,5-9,16H2,1-2H3. The van der Waals surface area contributed by atoms with E-state index in [9.17, 15) is 9.90 Å². The highest BCUT2D eigenvalue weighted by Gasteiger charge is 2.29. The molecule has 1 amide bonds. The quantitative estimate of drug-likeness (QED) is 0.828. The van der Waals surface area contributed by atoms with Crippen molar-refractivity contribution in [1.29, 1.82) is 0 Å². The van der Waals surface area contributed by atoms with Crippen LogP contribution in [0.25, 0.3) is 0 Å². The van der Waals surface area contributed by atoms with E-state index in [1.54, 1.807) is 6.92 Å². The summed E-state index contributed by atoms with van der Waals surface area (Å²) in [5.41, 5.74) is 3.26. The average molecular weight is 259 g/mol. The summed E-state index contributed by atoms with van der Waals surface area (Å²) >= 11 is 0. The number of rotatable bonds is 4. The largest absolute Gasteiger partial charge is 0.507 e. The Hall–Kier alpha value is -1.45. The number of benzene rings is 1. The molecule has 1 aliphatic rings. The highest BCUT2D eigenvalue weighted by molar-refractivity contribution is 6.08. The molecule has 1 fully saturated rings. The van der Waals surface area contributed by atoms with Crippen LogP contribution in [0.3, 0.4) is 0 Å². The Balaban J connectivity index is 2.02. The smallest absolute Gasteiger partial charge is 0.219 e. The van der Waals surface area contributed by atoms with Crippen LogP contribution >= 0.6 is 0 Å². The second-order valence-corrected chi connectivity index (χ2v) is 5.60. The number of likely N-dealkylation sites (tertiary alicyclic amines) is 1. The van der Waals surface area contributed by atoms with E-state index < -0.39 is 0 Å². The summed E-state index contributed by atoms with van der Waals surface area (Å²) in [5.74, 6) is 1.16. The summed E-state index contributed by atoms with van der Waals surface area (Å²) in [5, 5.41) is 10.2. The predicted molar refractivity (Wildman–Crippen MR) is 79.3 cm³/mol. The van der Waals surface area contributed by atoms with Crippen LogP contribution in [-0.4, -0.2) is 36.8 Å². The molecule has 19 heavy (non-hydrogen) atoms. The van der Waals surface area contributed by atoms with Crippen LogP contribution < -0.4 is 0 Å². The predicted octanol–water partition coefficient (Wildman–Crippen LogP) is 1.32. The number of nitrogens with zero attached hydrogens (tertiary/aromatic N) is 1. The number of carbonyl (C=O) groups excluding carboxylic acids is 1. The molecular formula is C15H22BNO2. The third-order valence-electron chi connectivity index (χ3n) is 4.06. The van der Waals surface area contributed by atoms with Gasteiger partial charge in [-0.2, -0.15) is 0 Å². The monoisotopic (exact) mass is 259 g/mol. The lowest BCUT2D eigenvalue weighted by Crippen LogP contribution is -2.49. The van der Waals surface area contributed by atoms with Gasteiger partial charge in [0.15, 0.2) is 0 Å². The van der Waals surface area contributed by atoms with E-state index in [-0.39, 0.29) is 5.91 Å². The molecule has 0 atom stereocenters. The van der Waals surface area contributed by atoms with Gasteiger partial charge < -0.3 is 10.0 Å². The molecule has 1 N–H and O–H groups in total. The number of phenolic OH excluding ortho intramolecular Hbond substituents is 1. The highest BCUT2D eigenvalue weighted by Crippen LogP contribution is 2.29. The third-order valence-corrected chi connectivity index (χ3v) is 4.06. The van der Waals surface area contributed by atoms with Gasteiger partial charge in [0.25, 0.3) is 0 Å². The first-order valence-corrected chi connectivity index (χ1v) is 7.08. The Labute approximate surface area is 116 Å². The van der Waals surface area contributed by atoms with Crippen LogP contribution in [0.5, 0.6) is 5.75 Å². The van der Waals surface area contributed by atoms with Crippen molar-refractivity contribution in [3.8, 4) is 5.75 Å². The summed E-state index contributed by atoms with van der Waals surface area (Å²) in [6.45, 7) is 5.32. The number of hydrogen-bond donors (Lipinski definition) is 1. The molecule has 0 aromatic heterocycles. The minimum absolute atomic E-state index is 0.161. The topological polar surface area (TPSA) is 40.5 Å². The van der Waals surface area contributed by atoms with Gasteiger partial charge in [-0.1, -0.05) is 18.5 Å². The molecule has 1 aliphatic heterocycles. The molecular weight excluding hydrogens is 237 g/mol. The normalized spacial score (nSPS) is 15.4. The van der Waals surface area contributed by atoms with Gasteiger partial charge in [0.1, 0.15) is 13.6 Å². The van der Waals surface area contributed by atoms with Crippen LogP contribution in [0, 0.1) is 12.8 Å². The Morgan fingerprint density at radius 3 is 2.63 bits per heavy atom. The van der Waals surface area contributed by atoms with Gasteiger partial charge in [-0.3, -0.25) is 4.79 Å². The number of aryl methyl sites for hydroxylation is 1. The minimum Gasteiger partial charge on any atom is -0.507 e. The van der Waals surface area contributed by atoms with Gasteiger partial charge in [-0.05, 0) is 42.4 Å². The molecule has 1 aromatic carbocycles. The second-order valence-electron chi connectivity index (χ2n) is 5.60. The second kappa shape index (κ2) is 5.68. The zero-order valence-corrected chi connectivity index (χ0v) is 12.1. The van der Waals surface area contributed by atoms with Gasteiger partial charge >= 0.3 is 0 Å². The Morgan fingerprint density at radius 1 is 1.42 bits per heavy atom. The van der Waals surface area contributed by atoms with Crippen LogP contribution in [0.4, 0.5) is 0 Å². The molecule has 102 valence electrons. The molecule has 1 heterocycles. The minimum atomic E-state index is 0.161. The zero-order valence-electron chi connectivity index (χ0n) is 12.1. The van der Waals surface area contributed by atoms with E-state index in [0.29, 0.717) is 11.7 Å². The van der Waals surface area contributed by atoms with E-state index in [4.69, 9.17) is 0 Å². The Bertz CT molecular complexity index is 481. The lowest BCUT2D eigenvalue weighted by molar-refractivity contribution is -0.134. The molecule has 0 spiro atoms. The van der Waals surface area contributed by atoms with E-state index in [0.717, 1.165) is 43.4 Å². The fraction of sp³-hybridized carbons (Fsp3) is 0.533. The fourth-order valence-corrected chi connectivity index (χ4v) is 2.76. The van der Waals surface area contributed by atoms with Crippen molar-refractivity contribution < 1.29 is 9.90 Å². The first kappa shape index (κ1) is 14.0. The van der Waals surface area contributed by atoms with E-state index in [2.05, 4.69) is 13.9 Å². The molecule has 1 saturated heterocycles. The molecule has 0 radical (unpaired) electrons. The Kier molecular flexibility index (Phi) is 4.18. The number of amides is 1. The van der Waals surface area contributed by atoms with Crippen LogP contribution in [-0.2, 0) is 17.6 Å². The van der Waals surface area contributed by atoms with Crippen LogP contribution in [0.1, 0.15) is 23.6 Å². The summed E-state index contributed by atoms with van der Waals surface area (Å²) in [6, 6.07) is 4.18. The molecule has 0 bridgehead atoms. The van der Waals surface area contributed by atoms with Gasteiger partial charge in [0, 0.05) is 20.0 Å². The van der Waals surface area contributed by atoms with Crippen LogP contribution in [0.2, 0.25) is 6.32 Å². The van der Waals surface area contributed by atoms with Crippen molar-refractivity contribution in [2.75, 3.05) is 13.1 Å². The molecule has 0 aliphatic carbocycles. The molecule has 3 nitrogen and oxygen atoms in total. The number of carbonyl (C=O) groups is 1. The lowest BCUT2D eigenvalue weighted by atomic mass is 9.88. The van der Waals surface area contributed by atoms with Crippen molar-refractivity contribution >= 4 is 13.8 Å². The fourth-order valence-electron chi connectivity index (χ4n) is 2.76. The summed E-state index contributed by atoms with van der Waals surface area (Å²) in [4.78, 5) is 13.0. The van der Waals surface area contributed by atoms with Crippen molar-refractivity contribution in [3.63, 3.8) is 0 Å². The van der Waals surface area contributed by atoms with Gasteiger partial charge in [0.2, 0.25) is 5.91 Å². The third kappa shape index (κ3) is 2.94. The summed E-state index contributed by atoms with van der Waals surface area (Å²) in [7, 11) is 2.12. The average Bonchev–Trinajstić information content (AvgIpc) is 2.31. The summed E-state index contributed by atoms with van der Waals surface area (Å²) < 4.78 is 0. The Morgan fingerprint density at radius 2 is 2.05 bits per heavy atom. The van der Waals surface area contributed by atoms with E-state index in [1.807, 2.05) is 17.9 Å². The summed E-state index contributed by atoms with van der Waals surface area (Å²) in [6.07, 6.45) is 2.92. The molecule has 2 rings (SSSR count). The maximum absolute atomic E-state index is 11.1. The highest BCUT2D eigenvalue weighted by atomic mass is 16.3. The van der Waals surface area contributed by atoms with Gasteiger partial charge in [-0.15, -0.1) is 0 Å². The zero-order chi connectivity index (χ0) is 14.0. The molecule has 1 aromatic rings. The van der Waals surface area contributed by atoms with E-state index >= 15 is 0 Å². The first-order valence-electron chi connectivity index (χ1n) is 7.08. The number of hydrogen-bond acceptors (Lipinski definition) is 2. The van der Waals surface area contributed by atoms with Crippen LogP contribution in [0.15, 0.2) is 12.1 Å². The van der Waals surface area contributed by atoms with Gasteiger partial charge in [-0.25, -0.2) is 0 Å². The molecule has 0 saturated carbocycles.